The van der Waals surface area contributed by atoms with Gasteiger partial charge >= 0.3 is 23.8 Å². The number of benzene rings is 2. The maximum absolute atomic E-state index is 13.3. The zero-order valence-corrected chi connectivity index (χ0v) is 17.3. The summed E-state index contributed by atoms with van der Waals surface area (Å²) in [6.07, 6.45) is 4.00. The number of carbonyl (C=O) groups is 2. The molecule has 1 amide bonds. The first kappa shape index (κ1) is 21.5. The molecule has 0 radical (unpaired) electrons. The van der Waals surface area contributed by atoms with Crippen LogP contribution in [0.4, 0.5) is 21.8 Å². The van der Waals surface area contributed by atoms with E-state index in [1.807, 2.05) is 24.3 Å². The number of aromatic nitrogens is 2. The molecule has 1 saturated carbocycles. The highest BCUT2D eigenvalue weighted by molar-refractivity contribution is 6.00. The van der Waals surface area contributed by atoms with Crippen LogP contribution in [0.15, 0.2) is 52.9 Å². The minimum atomic E-state index is -0.730. The first-order valence-corrected chi connectivity index (χ1v) is 10.5. The van der Waals surface area contributed by atoms with Crippen molar-refractivity contribution < 1.29 is 23.5 Å². The molecule has 1 heterocycles. The standard InChI is InChI=1S/C23H23FN4O4/c24-17-2-1-3-19(13-17)26-23-28-27-22(32-23)21(31)25-18-10-8-16(9-11-18)15-6-4-14(5-7-15)12-20(29)30/h1-3,8-11,13-15H,4-7,12H2,(H,25,31)(H,26,28)(H,29,30)/t14-,15-. The van der Waals surface area contributed by atoms with E-state index in [4.69, 9.17) is 9.52 Å². The Kier molecular flexibility index (Phi) is 6.44. The zero-order valence-electron chi connectivity index (χ0n) is 17.3. The highest BCUT2D eigenvalue weighted by Gasteiger charge is 2.24. The molecule has 4 rings (SSSR count). The predicted octanol–water partition coefficient (Wildman–Crippen LogP) is 4.95. The van der Waals surface area contributed by atoms with Crippen LogP contribution in [-0.4, -0.2) is 27.2 Å². The maximum atomic E-state index is 13.3. The number of hydrogen-bond acceptors (Lipinski definition) is 6. The Morgan fingerprint density at radius 3 is 2.47 bits per heavy atom. The molecule has 0 saturated heterocycles. The lowest BCUT2D eigenvalue weighted by molar-refractivity contribution is -0.138. The van der Waals surface area contributed by atoms with Crippen molar-refractivity contribution >= 4 is 29.3 Å². The molecular weight excluding hydrogens is 415 g/mol. The molecule has 3 N–H and O–H groups in total. The number of nitrogens with zero attached hydrogens (tertiary/aromatic N) is 2. The van der Waals surface area contributed by atoms with Gasteiger partial charge in [-0.3, -0.25) is 9.59 Å². The summed E-state index contributed by atoms with van der Waals surface area (Å²) in [6.45, 7) is 0. The van der Waals surface area contributed by atoms with Gasteiger partial charge in [-0.15, -0.1) is 5.10 Å². The summed E-state index contributed by atoms with van der Waals surface area (Å²) in [5.74, 6) is -1.25. The molecule has 0 atom stereocenters. The second-order valence-electron chi connectivity index (χ2n) is 7.94. The summed E-state index contributed by atoms with van der Waals surface area (Å²) in [4.78, 5) is 23.3. The molecule has 9 heteroatoms. The number of hydrogen-bond donors (Lipinski definition) is 3. The second-order valence-corrected chi connectivity index (χ2v) is 7.94. The smallest absolute Gasteiger partial charge is 0.320 e. The molecular formula is C23H23FN4O4. The van der Waals surface area contributed by atoms with Crippen LogP contribution >= 0.6 is 0 Å². The van der Waals surface area contributed by atoms with Crippen LogP contribution in [0.3, 0.4) is 0 Å². The average molecular weight is 438 g/mol. The van der Waals surface area contributed by atoms with Gasteiger partial charge in [0.25, 0.3) is 0 Å². The van der Waals surface area contributed by atoms with Crippen molar-refractivity contribution in [3.63, 3.8) is 0 Å². The van der Waals surface area contributed by atoms with Gasteiger partial charge in [-0.2, -0.15) is 0 Å². The van der Waals surface area contributed by atoms with Gasteiger partial charge in [-0.1, -0.05) is 23.3 Å². The number of rotatable bonds is 7. The van der Waals surface area contributed by atoms with Crippen molar-refractivity contribution in [3.05, 3.63) is 65.8 Å². The lowest BCUT2D eigenvalue weighted by atomic mass is 9.77. The molecule has 8 nitrogen and oxygen atoms in total. The van der Waals surface area contributed by atoms with Gasteiger partial charge < -0.3 is 20.2 Å². The summed E-state index contributed by atoms with van der Waals surface area (Å²) in [5.41, 5.74) is 2.19. The van der Waals surface area contributed by atoms with Gasteiger partial charge in [0.05, 0.1) is 0 Å². The van der Waals surface area contributed by atoms with Crippen LogP contribution in [0, 0.1) is 11.7 Å². The van der Waals surface area contributed by atoms with E-state index in [9.17, 15) is 14.0 Å². The van der Waals surface area contributed by atoms with E-state index >= 15 is 0 Å². The molecule has 0 aliphatic heterocycles. The zero-order chi connectivity index (χ0) is 22.5. The van der Waals surface area contributed by atoms with Crippen LogP contribution < -0.4 is 10.6 Å². The van der Waals surface area contributed by atoms with Crippen LogP contribution in [0.5, 0.6) is 0 Å². The molecule has 166 valence electrons. The Bertz CT molecular complexity index is 1090. The van der Waals surface area contributed by atoms with Gasteiger partial charge in [0.2, 0.25) is 0 Å². The van der Waals surface area contributed by atoms with E-state index in [0.717, 1.165) is 25.7 Å². The largest absolute Gasteiger partial charge is 0.481 e. The minimum absolute atomic E-state index is 0.0189. The number of anilines is 3. The maximum Gasteiger partial charge on any atom is 0.320 e. The fraction of sp³-hybridized carbons (Fsp3) is 0.304. The fourth-order valence-electron chi connectivity index (χ4n) is 4.03. The topological polar surface area (TPSA) is 117 Å². The molecule has 1 aliphatic carbocycles. The van der Waals surface area contributed by atoms with Gasteiger partial charge in [0, 0.05) is 17.8 Å². The van der Waals surface area contributed by atoms with Crippen molar-refractivity contribution in [2.45, 2.75) is 38.0 Å². The molecule has 0 bridgehead atoms. The Morgan fingerprint density at radius 1 is 1.03 bits per heavy atom. The Balaban J connectivity index is 1.31. The Labute approximate surface area is 183 Å². The molecule has 32 heavy (non-hydrogen) atoms. The van der Waals surface area contributed by atoms with E-state index in [1.54, 1.807) is 6.07 Å². The molecule has 1 fully saturated rings. The van der Waals surface area contributed by atoms with E-state index in [1.165, 1.54) is 23.8 Å². The number of carboxylic acids is 1. The Morgan fingerprint density at radius 2 is 1.78 bits per heavy atom. The molecule has 3 aromatic rings. The van der Waals surface area contributed by atoms with E-state index in [0.29, 0.717) is 17.3 Å². The van der Waals surface area contributed by atoms with Gasteiger partial charge in [-0.05, 0) is 73.4 Å². The summed E-state index contributed by atoms with van der Waals surface area (Å²) < 4.78 is 18.6. The quantitative estimate of drug-likeness (QED) is 0.477. The molecule has 1 aliphatic rings. The van der Waals surface area contributed by atoms with Crippen LogP contribution in [0.25, 0.3) is 0 Å². The average Bonchev–Trinajstić information content (AvgIpc) is 3.23. The summed E-state index contributed by atoms with van der Waals surface area (Å²) >= 11 is 0. The van der Waals surface area contributed by atoms with Crippen molar-refractivity contribution in [2.75, 3.05) is 10.6 Å². The van der Waals surface area contributed by atoms with E-state index < -0.39 is 17.7 Å². The SMILES string of the molecule is O=C(O)C[C@H]1CC[C@H](c2ccc(NC(=O)c3nnc(Nc4cccc(F)c4)o3)cc2)CC1. The summed E-state index contributed by atoms with van der Waals surface area (Å²) in [5, 5.41) is 21.9. The van der Waals surface area contributed by atoms with Crippen molar-refractivity contribution in [1.82, 2.24) is 10.2 Å². The Hall–Kier alpha value is -3.75. The third-order valence-electron chi connectivity index (χ3n) is 5.65. The van der Waals surface area contributed by atoms with Gasteiger partial charge in [0.1, 0.15) is 5.82 Å². The third kappa shape index (κ3) is 5.48. The number of halogens is 1. The van der Waals surface area contributed by atoms with Crippen molar-refractivity contribution in [1.29, 1.82) is 0 Å². The van der Waals surface area contributed by atoms with Crippen molar-refractivity contribution in [3.8, 4) is 0 Å². The summed E-state index contributed by atoms with van der Waals surface area (Å²) in [7, 11) is 0. The highest BCUT2D eigenvalue weighted by atomic mass is 19.1. The number of nitrogens with one attached hydrogen (secondary N) is 2. The molecule has 1 aromatic heterocycles. The van der Waals surface area contributed by atoms with Crippen LogP contribution in [0.2, 0.25) is 0 Å². The molecule has 0 spiro atoms. The first-order chi connectivity index (χ1) is 15.5. The number of carboxylic acid groups (broad SMARTS) is 1. The fourth-order valence-corrected chi connectivity index (χ4v) is 4.03. The number of aliphatic carboxylic acids is 1. The third-order valence-corrected chi connectivity index (χ3v) is 5.65. The van der Waals surface area contributed by atoms with Crippen LogP contribution in [-0.2, 0) is 4.79 Å². The lowest BCUT2D eigenvalue weighted by Crippen LogP contribution is -2.16. The van der Waals surface area contributed by atoms with E-state index in [-0.39, 0.29) is 24.2 Å². The predicted molar refractivity (Wildman–Crippen MR) is 115 cm³/mol. The van der Waals surface area contributed by atoms with Gasteiger partial charge in [0.15, 0.2) is 0 Å². The highest BCUT2D eigenvalue weighted by Crippen LogP contribution is 2.37. The first-order valence-electron chi connectivity index (χ1n) is 10.5. The molecule has 2 aromatic carbocycles. The number of carbonyl (C=O) groups excluding carboxylic acids is 1. The van der Waals surface area contributed by atoms with Gasteiger partial charge in [-0.25, -0.2) is 4.39 Å². The normalized spacial score (nSPS) is 18.2. The van der Waals surface area contributed by atoms with Crippen LogP contribution in [0.1, 0.15) is 54.3 Å². The monoisotopic (exact) mass is 438 g/mol. The van der Waals surface area contributed by atoms with E-state index in [2.05, 4.69) is 20.8 Å². The summed E-state index contributed by atoms with van der Waals surface area (Å²) in [6, 6.07) is 13.3. The number of amides is 1. The lowest BCUT2D eigenvalue weighted by Gasteiger charge is -2.28. The second kappa shape index (κ2) is 9.59. The van der Waals surface area contributed by atoms with Crippen molar-refractivity contribution in [2.24, 2.45) is 5.92 Å². The molecule has 0 unspecified atom stereocenters. The minimum Gasteiger partial charge on any atom is -0.481 e.